The molecule has 0 bridgehead atoms. The molecule has 0 aliphatic heterocycles. The van der Waals surface area contributed by atoms with E-state index in [4.69, 9.17) is 0 Å². The molecule has 0 atom stereocenters. The molecule has 0 radical (unpaired) electrons. The Balaban J connectivity index is 1.47. The SMILES string of the molecule is O=C(NCc1ccccc1)c1cnc(NNCc2ccccc2)nc1. The van der Waals surface area contributed by atoms with Crippen LogP contribution >= 0.6 is 0 Å². The van der Waals surface area contributed by atoms with Crippen LogP contribution in [0.15, 0.2) is 73.1 Å². The molecule has 3 rings (SSSR count). The van der Waals surface area contributed by atoms with Crippen molar-refractivity contribution in [1.29, 1.82) is 0 Å². The lowest BCUT2D eigenvalue weighted by Crippen LogP contribution is -2.24. The minimum absolute atomic E-state index is 0.201. The number of nitrogens with one attached hydrogen (secondary N) is 3. The summed E-state index contributed by atoms with van der Waals surface area (Å²) in [6.45, 7) is 1.11. The summed E-state index contributed by atoms with van der Waals surface area (Å²) in [5, 5.41) is 2.84. The van der Waals surface area contributed by atoms with Gasteiger partial charge >= 0.3 is 0 Å². The summed E-state index contributed by atoms with van der Waals surface area (Å²) in [7, 11) is 0. The lowest BCUT2D eigenvalue weighted by molar-refractivity contribution is 0.0950. The van der Waals surface area contributed by atoms with Gasteiger partial charge in [-0.15, -0.1) is 0 Å². The van der Waals surface area contributed by atoms with E-state index in [-0.39, 0.29) is 5.91 Å². The van der Waals surface area contributed by atoms with Gasteiger partial charge in [-0.2, -0.15) is 0 Å². The molecule has 0 unspecified atom stereocenters. The molecule has 1 heterocycles. The van der Waals surface area contributed by atoms with E-state index in [9.17, 15) is 4.79 Å². The fourth-order valence-electron chi connectivity index (χ4n) is 2.21. The highest BCUT2D eigenvalue weighted by atomic mass is 16.1. The van der Waals surface area contributed by atoms with Gasteiger partial charge in [0, 0.05) is 25.5 Å². The Morgan fingerprint density at radius 2 is 1.36 bits per heavy atom. The lowest BCUT2D eigenvalue weighted by atomic mass is 10.2. The molecule has 1 aromatic heterocycles. The van der Waals surface area contributed by atoms with Crippen molar-refractivity contribution in [2.24, 2.45) is 0 Å². The Bertz CT molecular complexity index is 791. The van der Waals surface area contributed by atoms with E-state index >= 15 is 0 Å². The topological polar surface area (TPSA) is 78.9 Å². The van der Waals surface area contributed by atoms with Gasteiger partial charge in [-0.3, -0.25) is 10.2 Å². The zero-order valence-electron chi connectivity index (χ0n) is 13.6. The first-order valence-electron chi connectivity index (χ1n) is 7.98. The summed E-state index contributed by atoms with van der Waals surface area (Å²) in [4.78, 5) is 20.4. The molecule has 3 aromatic rings. The van der Waals surface area contributed by atoms with Crippen molar-refractivity contribution in [3.63, 3.8) is 0 Å². The Hall–Kier alpha value is -3.25. The van der Waals surface area contributed by atoms with Crippen LogP contribution in [-0.4, -0.2) is 15.9 Å². The first-order valence-corrected chi connectivity index (χ1v) is 7.98. The number of hydrogen-bond donors (Lipinski definition) is 3. The fourth-order valence-corrected chi connectivity index (χ4v) is 2.21. The molecule has 3 N–H and O–H groups in total. The van der Waals surface area contributed by atoms with E-state index in [1.54, 1.807) is 0 Å². The van der Waals surface area contributed by atoms with Gasteiger partial charge in [-0.1, -0.05) is 60.7 Å². The fraction of sp³-hybridized carbons (Fsp3) is 0.105. The van der Waals surface area contributed by atoms with Crippen LogP contribution < -0.4 is 16.2 Å². The normalized spacial score (nSPS) is 10.2. The molecule has 0 aliphatic rings. The summed E-state index contributed by atoms with van der Waals surface area (Å²) in [6, 6.07) is 19.7. The molecule has 0 fully saturated rings. The number of nitrogens with zero attached hydrogens (tertiary/aromatic N) is 2. The van der Waals surface area contributed by atoms with Crippen LogP contribution in [-0.2, 0) is 13.1 Å². The van der Waals surface area contributed by atoms with Crippen LogP contribution in [0.1, 0.15) is 21.5 Å². The van der Waals surface area contributed by atoms with Crippen molar-refractivity contribution >= 4 is 11.9 Å². The second-order valence-electron chi connectivity index (χ2n) is 5.43. The molecule has 25 heavy (non-hydrogen) atoms. The maximum absolute atomic E-state index is 12.1. The Kier molecular flexibility index (Phi) is 5.68. The van der Waals surface area contributed by atoms with Crippen LogP contribution in [0, 0.1) is 0 Å². The number of carbonyl (C=O) groups is 1. The molecule has 126 valence electrons. The van der Waals surface area contributed by atoms with E-state index in [2.05, 4.69) is 26.1 Å². The van der Waals surface area contributed by atoms with Crippen LogP contribution in [0.3, 0.4) is 0 Å². The average molecular weight is 333 g/mol. The highest BCUT2D eigenvalue weighted by Crippen LogP contribution is 2.02. The van der Waals surface area contributed by atoms with Crippen LogP contribution in [0.2, 0.25) is 0 Å². The number of benzene rings is 2. The Morgan fingerprint density at radius 3 is 1.96 bits per heavy atom. The monoisotopic (exact) mass is 333 g/mol. The third kappa shape index (κ3) is 5.12. The molecule has 1 amide bonds. The van der Waals surface area contributed by atoms with Crippen molar-refractivity contribution in [1.82, 2.24) is 20.7 Å². The number of rotatable bonds is 7. The molecular formula is C19H19N5O. The number of anilines is 1. The van der Waals surface area contributed by atoms with E-state index in [0.717, 1.165) is 11.1 Å². The Morgan fingerprint density at radius 1 is 0.800 bits per heavy atom. The average Bonchev–Trinajstić information content (AvgIpc) is 2.68. The van der Waals surface area contributed by atoms with E-state index in [0.29, 0.717) is 24.6 Å². The zero-order valence-corrected chi connectivity index (χ0v) is 13.6. The first kappa shape index (κ1) is 16.6. The molecular weight excluding hydrogens is 314 g/mol. The quantitative estimate of drug-likeness (QED) is 0.579. The zero-order chi connectivity index (χ0) is 17.3. The maximum Gasteiger partial charge on any atom is 0.254 e. The highest BCUT2D eigenvalue weighted by Gasteiger charge is 2.06. The number of aromatic nitrogens is 2. The lowest BCUT2D eigenvalue weighted by Gasteiger charge is -2.08. The van der Waals surface area contributed by atoms with Gasteiger partial charge in [-0.25, -0.2) is 15.4 Å². The van der Waals surface area contributed by atoms with Gasteiger partial charge in [0.2, 0.25) is 5.95 Å². The summed E-state index contributed by atoms with van der Waals surface area (Å²) >= 11 is 0. The smallest absolute Gasteiger partial charge is 0.254 e. The largest absolute Gasteiger partial charge is 0.348 e. The number of carbonyl (C=O) groups excluding carboxylic acids is 1. The molecule has 2 aromatic carbocycles. The van der Waals surface area contributed by atoms with Gasteiger partial charge in [-0.05, 0) is 11.1 Å². The minimum atomic E-state index is -0.201. The maximum atomic E-state index is 12.1. The van der Waals surface area contributed by atoms with E-state index in [1.807, 2.05) is 60.7 Å². The van der Waals surface area contributed by atoms with Crippen LogP contribution in [0.5, 0.6) is 0 Å². The van der Waals surface area contributed by atoms with E-state index in [1.165, 1.54) is 12.4 Å². The summed E-state index contributed by atoms with van der Waals surface area (Å²) in [6.07, 6.45) is 3.00. The van der Waals surface area contributed by atoms with Crippen LogP contribution in [0.4, 0.5) is 5.95 Å². The van der Waals surface area contributed by atoms with Gasteiger partial charge < -0.3 is 5.32 Å². The molecule has 0 aliphatic carbocycles. The predicted octanol–water partition coefficient (Wildman–Crippen LogP) is 2.52. The van der Waals surface area contributed by atoms with Gasteiger partial charge in [0.1, 0.15) is 0 Å². The van der Waals surface area contributed by atoms with Gasteiger partial charge in [0.25, 0.3) is 5.91 Å². The molecule has 6 heteroatoms. The summed E-state index contributed by atoms with van der Waals surface area (Å²) < 4.78 is 0. The molecule has 0 saturated heterocycles. The van der Waals surface area contributed by atoms with Crippen LogP contribution in [0.25, 0.3) is 0 Å². The van der Waals surface area contributed by atoms with Crippen molar-refractivity contribution in [3.05, 3.63) is 89.7 Å². The molecule has 0 saturated carbocycles. The predicted molar refractivity (Wildman–Crippen MR) is 96.5 cm³/mol. The second kappa shape index (κ2) is 8.56. The van der Waals surface area contributed by atoms with Crippen molar-refractivity contribution in [2.45, 2.75) is 13.1 Å². The molecule has 6 nitrogen and oxygen atoms in total. The van der Waals surface area contributed by atoms with Gasteiger partial charge in [0.15, 0.2) is 0 Å². The second-order valence-corrected chi connectivity index (χ2v) is 5.43. The minimum Gasteiger partial charge on any atom is -0.348 e. The Labute approximate surface area is 146 Å². The van der Waals surface area contributed by atoms with Crippen molar-refractivity contribution in [3.8, 4) is 0 Å². The standard InChI is InChI=1S/C19H19N5O/c25-18(20-11-15-7-3-1-4-8-15)17-13-21-19(22-14-17)24-23-12-16-9-5-2-6-10-16/h1-10,13-14,23H,11-12H2,(H,20,25)(H,21,22,24). The third-order valence-corrected chi connectivity index (χ3v) is 3.55. The number of hydrogen-bond acceptors (Lipinski definition) is 5. The highest BCUT2D eigenvalue weighted by molar-refractivity contribution is 5.93. The van der Waals surface area contributed by atoms with Crippen molar-refractivity contribution in [2.75, 3.05) is 5.43 Å². The summed E-state index contributed by atoms with van der Waals surface area (Å²) in [5.41, 5.74) is 8.56. The molecule has 0 spiro atoms. The van der Waals surface area contributed by atoms with Gasteiger partial charge in [0.05, 0.1) is 5.56 Å². The summed E-state index contributed by atoms with van der Waals surface area (Å²) in [5.74, 6) is 0.211. The van der Waals surface area contributed by atoms with Crippen molar-refractivity contribution < 1.29 is 4.79 Å². The third-order valence-electron chi connectivity index (χ3n) is 3.55. The first-order chi connectivity index (χ1) is 12.3. The number of hydrazine groups is 1. The van der Waals surface area contributed by atoms with E-state index < -0.39 is 0 Å². The number of amides is 1.